The highest BCUT2D eigenvalue weighted by Crippen LogP contribution is 2.54. The zero-order valence-electron chi connectivity index (χ0n) is 20.0. The first kappa shape index (κ1) is 25.9. The topological polar surface area (TPSA) is 88.5 Å². The molecule has 3 atom stereocenters. The van der Waals surface area contributed by atoms with E-state index in [1.807, 2.05) is 18.2 Å². The van der Waals surface area contributed by atoms with E-state index in [1.54, 1.807) is 60.7 Å². The molecule has 1 aromatic heterocycles. The SMILES string of the molecule is O=C(Cn1c2c(sc1=O)[C@@H](c1ccc(Cl)cc1)C1C(=O)N(c3ccc(Cl)cc3)C(=O)C1S2)Nc1ccccc1. The van der Waals surface area contributed by atoms with Crippen LogP contribution in [0.15, 0.2) is 88.7 Å². The van der Waals surface area contributed by atoms with Gasteiger partial charge in [-0.15, -0.1) is 0 Å². The average Bonchev–Trinajstić information content (AvgIpc) is 3.36. The smallest absolute Gasteiger partial charge is 0.308 e. The number of benzene rings is 3. The lowest BCUT2D eigenvalue weighted by atomic mass is 9.83. The molecular formula is C28H19Cl2N3O4S2. The van der Waals surface area contributed by atoms with Gasteiger partial charge in [0, 0.05) is 26.5 Å². The van der Waals surface area contributed by atoms with Crippen LogP contribution >= 0.6 is 46.3 Å². The molecule has 0 radical (unpaired) electrons. The fourth-order valence-electron chi connectivity index (χ4n) is 4.99. The standard InChI is InChI=1S/C28H19Cl2N3O4S2/c29-16-8-6-15(7-9-16)21-22-23(26(36)33(25(22)35)19-12-10-17(30)11-13-19)38-27-24(21)39-28(37)32(27)14-20(34)31-18-4-2-1-3-5-18/h1-13,21-23H,14H2,(H,31,34)/t21-,22?,23?/m0/s1. The van der Waals surface area contributed by atoms with E-state index in [0.717, 1.165) is 16.9 Å². The van der Waals surface area contributed by atoms with E-state index in [4.69, 9.17) is 23.2 Å². The number of carbonyl (C=O) groups excluding carboxylic acids is 3. The largest absolute Gasteiger partial charge is 0.325 e. The second kappa shape index (κ2) is 10.3. The molecule has 1 N–H and O–H groups in total. The molecule has 11 heteroatoms. The van der Waals surface area contributed by atoms with E-state index in [1.165, 1.54) is 21.2 Å². The summed E-state index contributed by atoms with van der Waals surface area (Å²) in [4.78, 5) is 55.2. The Morgan fingerprint density at radius 3 is 2.15 bits per heavy atom. The fourth-order valence-corrected chi connectivity index (χ4v) is 8.02. The molecule has 3 amide bonds. The first-order chi connectivity index (χ1) is 18.8. The van der Waals surface area contributed by atoms with Crippen LogP contribution in [0.25, 0.3) is 0 Å². The predicted molar refractivity (Wildman–Crippen MR) is 154 cm³/mol. The van der Waals surface area contributed by atoms with Crippen LogP contribution in [0.2, 0.25) is 10.0 Å². The quantitative estimate of drug-likeness (QED) is 0.301. The molecule has 6 rings (SSSR count). The van der Waals surface area contributed by atoms with Crippen molar-refractivity contribution in [2.24, 2.45) is 5.92 Å². The van der Waals surface area contributed by atoms with Gasteiger partial charge in [-0.3, -0.25) is 23.7 Å². The van der Waals surface area contributed by atoms with Crippen molar-refractivity contribution in [3.63, 3.8) is 0 Å². The number of thioether (sulfide) groups is 1. The molecular weight excluding hydrogens is 577 g/mol. The summed E-state index contributed by atoms with van der Waals surface area (Å²) in [6.07, 6.45) is 0. The predicted octanol–water partition coefficient (Wildman–Crippen LogP) is 5.65. The van der Waals surface area contributed by atoms with Gasteiger partial charge in [-0.25, -0.2) is 4.90 Å². The molecule has 2 unspecified atom stereocenters. The summed E-state index contributed by atoms with van der Waals surface area (Å²) < 4.78 is 1.39. The number of carbonyl (C=O) groups is 3. The average molecular weight is 597 g/mol. The minimum atomic E-state index is -0.779. The van der Waals surface area contributed by atoms with Crippen LogP contribution in [-0.2, 0) is 20.9 Å². The zero-order chi connectivity index (χ0) is 27.3. The molecule has 2 aliphatic rings. The highest BCUT2D eigenvalue weighted by atomic mass is 35.5. The summed E-state index contributed by atoms with van der Waals surface area (Å²) >= 11 is 14.3. The minimum Gasteiger partial charge on any atom is -0.325 e. The van der Waals surface area contributed by atoms with Crippen molar-refractivity contribution in [3.05, 3.63) is 109 Å². The van der Waals surface area contributed by atoms with Crippen molar-refractivity contribution >= 4 is 75.4 Å². The normalized spacial score (nSPS) is 20.1. The molecule has 0 spiro atoms. The molecule has 7 nitrogen and oxygen atoms in total. The number of hydrogen-bond acceptors (Lipinski definition) is 6. The summed E-state index contributed by atoms with van der Waals surface area (Å²) in [5.74, 6) is -2.39. The van der Waals surface area contributed by atoms with Gasteiger partial charge in [0.05, 0.1) is 16.6 Å². The lowest BCUT2D eigenvalue weighted by Crippen LogP contribution is -2.33. The lowest BCUT2D eigenvalue weighted by Gasteiger charge is -2.30. The van der Waals surface area contributed by atoms with Crippen LogP contribution < -0.4 is 15.1 Å². The Kier molecular flexibility index (Phi) is 6.84. The van der Waals surface area contributed by atoms with Gasteiger partial charge in [0.1, 0.15) is 11.8 Å². The van der Waals surface area contributed by atoms with Crippen molar-refractivity contribution < 1.29 is 14.4 Å². The second-order valence-corrected chi connectivity index (χ2v) is 12.1. The number of nitrogens with one attached hydrogen (secondary N) is 1. The highest BCUT2D eigenvalue weighted by Gasteiger charge is 2.56. The van der Waals surface area contributed by atoms with Gasteiger partial charge in [-0.2, -0.15) is 0 Å². The number of hydrogen-bond donors (Lipinski definition) is 1. The maximum Gasteiger partial charge on any atom is 0.308 e. The van der Waals surface area contributed by atoms with Gasteiger partial charge in [-0.1, -0.05) is 76.6 Å². The van der Waals surface area contributed by atoms with Crippen molar-refractivity contribution in [2.45, 2.75) is 22.7 Å². The zero-order valence-corrected chi connectivity index (χ0v) is 23.2. The van der Waals surface area contributed by atoms with Gasteiger partial charge in [0.15, 0.2) is 0 Å². The van der Waals surface area contributed by atoms with Gasteiger partial charge < -0.3 is 5.32 Å². The van der Waals surface area contributed by atoms with Crippen LogP contribution in [0.4, 0.5) is 11.4 Å². The number of fused-ring (bicyclic) bond motifs is 2. The molecule has 2 aliphatic heterocycles. The molecule has 3 heterocycles. The Morgan fingerprint density at radius 2 is 1.49 bits per heavy atom. The van der Waals surface area contributed by atoms with Crippen molar-refractivity contribution in [1.29, 1.82) is 0 Å². The summed E-state index contributed by atoms with van der Waals surface area (Å²) in [5.41, 5.74) is 1.81. The monoisotopic (exact) mass is 595 g/mol. The number of para-hydroxylation sites is 1. The van der Waals surface area contributed by atoms with E-state index >= 15 is 0 Å². The summed E-state index contributed by atoms with van der Waals surface area (Å²) in [5, 5.41) is 3.56. The van der Waals surface area contributed by atoms with Crippen LogP contribution in [0.3, 0.4) is 0 Å². The van der Waals surface area contributed by atoms with Crippen LogP contribution in [0.5, 0.6) is 0 Å². The number of amides is 3. The minimum absolute atomic E-state index is 0.222. The maximum atomic E-state index is 13.9. The molecule has 39 heavy (non-hydrogen) atoms. The number of halogens is 2. The fraction of sp³-hybridized carbons (Fsp3) is 0.143. The molecule has 3 aromatic carbocycles. The van der Waals surface area contributed by atoms with Gasteiger partial charge in [0.25, 0.3) is 0 Å². The second-order valence-electron chi connectivity index (χ2n) is 9.12. The first-order valence-electron chi connectivity index (χ1n) is 12.0. The van der Waals surface area contributed by atoms with E-state index in [2.05, 4.69) is 5.32 Å². The highest BCUT2D eigenvalue weighted by molar-refractivity contribution is 8.00. The summed E-state index contributed by atoms with van der Waals surface area (Å²) in [6, 6.07) is 22.5. The number of anilines is 2. The van der Waals surface area contributed by atoms with Crippen LogP contribution in [0, 0.1) is 5.92 Å². The van der Waals surface area contributed by atoms with Crippen LogP contribution in [0.1, 0.15) is 16.4 Å². The molecule has 1 fully saturated rings. The van der Waals surface area contributed by atoms with Crippen molar-refractivity contribution in [1.82, 2.24) is 4.57 Å². The third-order valence-corrected chi connectivity index (χ3v) is 9.83. The molecule has 0 bridgehead atoms. The van der Waals surface area contributed by atoms with Gasteiger partial charge >= 0.3 is 4.87 Å². The number of thiazole rings is 1. The number of imide groups is 1. The summed E-state index contributed by atoms with van der Waals surface area (Å²) in [6.45, 7) is -0.222. The van der Waals surface area contributed by atoms with Crippen molar-refractivity contribution in [2.75, 3.05) is 10.2 Å². The Balaban J connectivity index is 1.42. The number of rotatable bonds is 5. The third kappa shape index (κ3) is 4.69. The Hall–Kier alpha value is -3.37. The van der Waals surface area contributed by atoms with Gasteiger partial charge in [0.2, 0.25) is 17.7 Å². The Morgan fingerprint density at radius 1 is 0.846 bits per heavy atom. The van der Waals surface area contributed by atoms with Crippen molar-refractivity contribution in [3.8, 4) is 0 Å². The van der Waals surface area contributed by atoms with E-state index in [-0.39, 0.29) is 29.1 Å². The Bertz CT molecular complexity index is 1650. The molecule has 1 saturated heterocycles. The first-order valence-corrected chi connectivity index (χ1v) is 14.4. The maximum absolute atomic E-state index is 13.9. The van der Waals surface area contributed by atoms with Crippen LogP contribution in [-0.4, -0.2) is 27.5 Å². The van der Waals surface area contributed by atoms with E-state index in [0.29, 0.717) is 31.3 Å². The molecule has 0 saturated carbocycles. The van der Waals surface area contributed by atoms with E-state index in [9.17, 15) is 19.2 Å². The molecule has 0 aliphatic carbocycles. The third-order valence-electron chi connectivity index (χ3n) is 6.72. The molecule has 196 valence electrons. The molecule has 4 aromatic rings. The van der Waals surface area contributed by atoms with E-state index < -0.39 is 17.1 Å². The lowest BCUT2D eigenvalue weighted by molar-refractivity contribution is -0.122. The Labute approximate surface area is 241 Å². The van der Waals surface area contributed by atoms with Gasteiger partial charge in [-0.05, 0) is 54.1 Å². The number of aromatic nitrogens is 1. The number of nitrogens with zero attached hydrogens (tertiary/aromatic N) is 2. The summed E-state index contributed by atoms with van der Waals surface area (Å²) in [7, 11) is 0.